The van der Waals surface area contributed by atoms with Crippen LogP contribution in [0.2, 0.25) is 0 Å². The van der Waals surface area contributed by atoms with Crippen molar-refractivity contribution in [3.8, 4) is 0 Å². The first kappa shape index (κ1) is 11.6. The van der Waals surface area contributed by atoms with E-state index in [1.165, 1.54) is 30.1 Å². The Balaban J connectivity index is 2.55. The second-order valence-corrected chi connectivity index (χ2v) is 6.89. The molecule has 0 nitrogen and oxygen atoms in total. The molecule has 0 aromatic rings. The second kappa shape index (κ2) is 6.06. The van der Waals surface area contributed by atoms with E-state index in [0.717, 1.165) is 0 Å². The molecule has 0 N–H and O–H groups in total. The van der Waals surface area contributed by atoms with E-state index >= 15 is 0 Å². The van der Waals surface area contributed by atoms with Crippen molar-refractivity contribution in [3.05, 3.63) is 0 Å². The summed E-state index contributed by atoms with van der Waals surface area (Å²) in [6, 6.07) is 0. The normalized spacial score (nSPS) is 21.7. The van der Waals surface area contributed by atoms with Crippen LogP contribution < -0.4 is 0 Å². The zero-order valence-corrected chi connectivity index (χ0v) is 11.9. The molecule has 1 fully saturated rings. The molecule has 0 bridgehead atoms. The van der Waals surface area contributed by atoms with Crippen molar-refractivity contribution in [3.63, 3.8) is 0 Å². The SMILES string of the molecule is [Se]=CCC1(CC=[Se])CSCCS1. The van der Waals surface area contributed by atoms with Crippen molar-refractivity contribution < 1.29 is 0 Å². The van der Waals surface area contributed by atoms with Gasteiger partial charge in [-0.05, 0) is 0 Å². The predicted octanol–water partition coefficient (Wildman–Crippen LogP) is 0.927. The molecule has 12 heavy (non-hydrogen) atoms. The Hall–Kier alpha value is 1.48. The molecule has 0 radical (unpaired) electrons. The Morgan fingerprint density at radius 1 is 1.17 bits per heavy atom. The monoisotopic (exact) mass is 332 g/mol. The quantitative estimate of drug-likeness (QED) is 0.704. The molecule has 1 aliphatic heterocycles. The van der Waals surface area contributed by atoms with Crippen LogP contribution in [0.3, 0.4) is 0 Å². The third kappa shape index (κ3) is 3.32. The molecule has 68 valence electrons. The summed E-state index contributed by atoms with van der Waals surface area (Å²) in [6.45, 7) is 0. The Kier molecular flexibility index (Phi) is 5.83. The van der Waals surface area contributed by atoms with E-state index in [2.05, 4.69) is 64.5 Å². The molecular formula is C8H12S2Se2. The predicted molar refractivity (Wildman–Crippen MR) is 65.4 cm³/mol. The number of hydrogen-bond donors (Lipinski definition) is 0. The molecule has 1 heterocycles. The van der Waals surface area contributed by atoms with Crippen LogP contribution in [0.4, 0.5) is 0 Å². The molecule has 1 saturated heterocycles. The third-order valence-electron chi connectivity index (χ3n) is 1.91. The van der Waals surface area contributed by atoms with Gasteiger partial charge in [-0.25, -0.2) is 0 Å². The van der Waals surface area contributed by atoms with Crippen LogP contribution in [0.1, 0.15) is 12.8 Å². The van der Waals surface area contributed by atoms with Crippen LogP contribution in [0.5, 0.6) is 0 Å². The van der Waals surface area contributed by atoms with Gasteiger partial charge in [-0.15, -0.1) is 0 Å². The number of hydrogen-bond acceptors (Lipinski definition) is 2. The third-order valence-corrected chi connectivity index (χ3v) is 5.80. The fourth-order valence-electron chi connectivity index (χ4n) is 1.24. The Bertz CT molecular complexity index is 152. The number of thioether (sulfide) groups is 2. The Morgan fingerprint density at radius 2 is 1.83 bits per heavy atom. The minimum absolute atomic E-state index is 0.486. The van der Waals surface area contributed by atoms with Crippen LogP contribution in [0, 0.1) is 0 Å². The summed E-state index contributed by atoms with van der Waals surface area (Å²) in [5, 5.41) is 0. The van der Waals surface area contributed by atoms with Crippen molar-refractivity contribution in [1.29, 1.82) is 0 Å². The van der Waals surface area contributed by atoms with Gasteiger partial charge in [-0.3, -0.25) is 0 Å². The van der Waals surface area contributed by atoms with Crippen LogP contribution in [-0.2, 0) is 0 Å². The van der Waals surface area contributed by atoms with Crippen molar-refractivity contribution in [2.45, 2.75) is 17.6 Å². The summed E-state index contributed by atoms with van der Waals surface area (Å²) in [6.07, 6.45) is 2.39. The molecule has 1 aliphatic rings. The first-order valence-electron chi connectivity index (χ1n) is 3.92. The molecule has 0 unspecified atom stereocenters. The first-order chi connectivity index (χ1) is 5.83. The topological polar surface area (TPSA) is 0 Å². The Morgan fingerprint density at radius 3 is 2.25 bits per heavy atom. The molecule has 0 atom stereocenters. The fraction of sp³-hybridized carbons (Fsp3) is 0.750. The van der Waals surface area contributed by atoms with Gasteiger partial charge in [0, 0.05) is 0 Å². The maximum absolute atomic E-state index is 3.00. The van der Waals surface area contributed by atoms with Gasteiger partial charge < -0.3 is 0 Å². The van der Waals surface area contributed by atoms with Gasteiger partial charge in [-0.2, -0.15) is 0 Å². The van der Waals surface area contributed by atoms with Gasteiger partial charge in [0.2, 0.25) is 0 Å². The molecule has 0 spiro atoms. The first-order valence-corrected chi connectivity index (χ1v) is 8.04. The summed E-state index contributed by atoms with van der Waals surface area (Å²) in [5.41, 5.74) is 0. The fourth-order valence-corrected chi connectivity index (χ4v) is 6.03. The maximum atomic E-state index is 3.00. The van der Waals surface area contributed by atoms with Gasteiger partial charge in [-0.1, -0.05) is 0 Å². The zero-order chi connectivity index (χ0) is 8.86. The molecule has 0 aromatic heterocycles. The molecule has 0 aliphatic carbocycles. The summed E-state index contributed by atoms with van der Waals surface area (Å²) in [7, 11) is 0. The van der Waals surface area contributed by atoms with Gasteiger partial charge in [0.05, 0.1) is 0 Å². The van der Waals surface area contributed by atoms with Gasteiger partial charge in [0.25, 0.3) is 0 Å². The average Bonchev–Trinajstić information content (AvgIpc) is 2.07. The van der Waals surface area contributed by atoms with Gasteiger partial charge >= 0.3 is 99.4 Å². The Labute approximate surface area is 98.7 Å². The zero-order valence-electron chi connectivity index (χ0n) is 6.82. The summed E-state index contributed by atoms with van der Waals surface area (Å²) >= 11 is 10.2. The molecule has 0 saturated carbocycles. The van der Waals surface area contributed by atoms with Crippen LogP contribution >= 0.6 is 23.5 Å². The average molecular weight is 330 g/mol. The van der Waals surface area contributed by atoms with Crippen molar-refractivity contribution in [2.75, 3.05) is 17.3 Å². The van der Waals surface area contributed by atoms with E-state index in [-0.39, 0.29) is 0 Å². The molecule has 1 rings (SSSR count). The summed E-state index contributed by atoms with van der Waals surface area (Å²) in [5.74, 6) is 3.94. The molecular weight excluding hydrogens is 318 g/mol. The standard InChI is InChI=1S/C8H12S2Se2/c11-5-1-8(2-6-12)7-9-3-4-10-8/h5-6H,1-4,7H2. The van der Waals surface area contributed by atoms with Gasteiger partial charge in [0.15, 0.2) is 0 Å². The summed E-state index contributed by atoms with van der Waals surface area (Å²) < 4.78 is 0.486. The second-order valence-electron chi connectivity index (χ2n) is 2.83. The molecule has 0 aromatic carbocycles. The van der Waals surface area contributed by atoms with Crippen LogP contribution in [-0.4, -0.2) is 63.0 Å². The number of rotatable bonds is 4. The van der Waals surface area contributed by atoms with E-state index in [1.807, 2.05) is 0 Å². The van der Waals surface area contributed by atoms with E-state index in [0.29, 0.717) is 4.75 Å². The summed E-state index contributed by atoms with van der Waals surface area (Å²) in [4.78, 5) is 4.37. The molecule has 4 heteroatoms. The minimum atomic E-state index is 0.486. The van der Waals surface area contributed by atoms with Crippen molar-refractivity contribution in [2.24, 2.45) is 0 Å². The van der Waals surface area contributed by atoms with Gasteiger partial charge in [0.1, 0.15) is 0 Å². The van der Waals surface area contributed by atoms with E-state index in [4.69, 9.17) is 0 Å². The van der Waals surface area contributed by atoms with Crippen LogP contribution in [0.15, 0.2) is 0 Å². The van der Waals surface area contributed by atoms with Crippen molar-refractivity contribution in [1.82, 2.24) is 0 Å². The van der Waals surface area contributed by atoms with E-state index in [9.17, 15) is 0 Å². The van der Waals surface area contributed by atoms with Crippen molar-refractivity contribution >= 4 is 64.5 Å². The van der Waals surface area contributed by atoms with E-state index in [1.54, 1.807) is 0 Å². The van der Waals surface area contributed by atoms with E-state index < -0.39 is 0 Å². The van der Waals surface area contributed by atoms with Crippen LogP contribution in [0.25, 0.3) is 0 Å². The molecule has 0 amide bonds.